The van der Waals surface area contributed by atoms with E-state index in [9.17, 15) is 19.2 Å². The van der Waals surface area contributed by atoms with Crippen LogP contribution in [0, 0.1) is 24.7 Å². The zero-order chi connectivity index (χ0) is 24.0. The van der Waals surface area contributed by atoms with Gasteiger partial charge in [0, 0.05) is 23.7 Å². The minimum atomic E-state index is -0.607. The van der Waals surface area contributed by atoms with Gasteiger partial charge in [-0.3, -0.25) is 24.1 Å². The zero-order valence-corrected chi connectivity index (χ0v) is 19.3. The Hall–Kier alpha value is -3.45. The number of nitrogens with zero attached hydrogens (tertiary/aromatic N) is 2. The van der Waals surface area contributed by atoms with Gasteiger partial charge in [-0.05, 0) is 61.7 Å². The quantitative estimate of drug-likeness (QED) is 0.286. The SMILES string of the molecule is Cc1ccc(N2C[C@H](C(=O)Oc3ccc(N4C(=O)[C@@H]5CC=CC[C@H]5C4=O)cc3)CC2=O)cc1Cl. The lowest BCUT2D eigenvalue weighted by Crippen LogP contribution is -2.30. The Kier molecular flexibility index (Phi) is 5.73. The number of hydrogen-bond donors (Lipinski definition) is 0. The molecule has 2 fully saturated rings. The first-order chi connectivity index (χ1) is 16.3. The molecule has 3 atom stereocenters. The van der Waals surface area contributed by atoms with Crippen molar-refractivity contribution in [1.82, 2.24) is 0 Å². The largest absolute Gasteiger partial charge is 0.426 e. The van der Waals surface area contributed by atoms with Gasteiger partial charge < -0.3 is 9.64 Å². The molecule has 7 nitrogen and oxygen atoms in total. The number of amides is 3. The molecule has 2 aliphatic heterocycles. The highest BCUT2D eigenvalue weighted by molar-refractivity contribution is 6.31. The van der Waals surface area contributed by atoms with E-state index in [1.807, 2.05) is 25.1 Å². The molecular formula is C26H23ClN2O5. The summed E-state index contributed by atoms with van der Waals surface area (Å²) >= 11 is 6.18. The van der Waals surface area contributed by atoms with Crippen molar-refractivity contribution >= 4 is 46.7 Å². The first-order valence-electron chi connectivity index (χ1n) is 11.2. The first-order valence-corrected chi connectivity index (χ1v) is 11.6. The number of rotatable bonds is 4. The minimum absolute atomic E-state index is 0.0516. The number of allylic oxidation sites excluding steroid dienone is 2. The van der Waals surface area contributed by atoms with Gasteiger partial charge in [0.15, 0.2) is 0 Å². The van der Waals surface area contributed by atoms with Crippen LogP contribution in [0.4, 0.5) is 11.4 Å². The highest BCUT2D eigenvalue weighted by Gasteiger charge is 2.47. The molecule has 0 radical (unpaired) electrons. The summed E-state index contributed by atoms with van der Waals surface area (Å²) in [5, 5.41) is 0.557. The van der Waals surface area contributed by atoms with Crippen LogP contribution in [0.15, 0.2) is 54.6 Å². The van der Waals surface area contributed by atoms with Crippen molar-refractivity contribution < 1.29 is 23.9 Å². The van der Waals surface area contributed by atoms with Gasteiger partial charge in [0.2, 0.25) is 17.7 Å². The summed E-state index contributed by atoms with van der Waals surface area (Å²) in [7, 11) is 0. The molecule has 0 bridgehead atoms. The number of halogens is 1. The molecule has 0 saturated carbocycles. The molecule has 2 saturated heterocycles. The van der Waals surface area contributed by atoms with Crippen LogP contribution in [-0.2, 0) is 19.2 Å². The number of fused-ring (bicyclic) bond motifs is 1. The maximum atomic E-state index is 12.7. The summed E-state index contributed by atoms with van der Waals surface area (Å²) in [6.45, 7) is 2.09. The van der Waals surface area contributed by atoms with E-state index in [1.165, 1.54) is 4.90 Å². The summed E-state index contributed by atoms with van der Waals surface area (Å²) in [6.07, 6.45) is 5.10. The van der Waals surface area contributed by atoms with Gasteiger partial charge in [-0.2, -0.15) is 0 Å². The van der Waals surface area contributed by atoms with Gasteiger partial charge in [-0.1, -0.05) is 29.8 Å². The van der Waals surface area contributed by atoms with Gasteiger partial charge in [0.25, 0.3) is 0 Å². The number of esters is 1. The zero-order valence-electron chi connectivity index (χ0n) is 18.6. The van der Waals surface area contributed by atoms with E-state index >= 15 is 0 Å². The number of hydrogen-bond acceptors (Lipinski definition) is 5. The Morgan fingerprint density at radius 2 is 1.56 bits per heavy atom. The number of imide groups is 1. The third kappa shape index (κ3) is 3.90. The van der Waals surface area contributed by atoms with Crippen LogP contribution in [0.1, 0.15) is 24.8 Å². The van der Waals surface area contributed by atoms with Crippen molar-refractivity contribution in [3.63, 3.8) is 0 Å². The van der Waals surface area contributed by atoms with Crippen LogP contribution in [-0.4, -0.2) is 30.2 Å². The van der Waals surface area contributed by atoms with Crippen LogP contribution in [0.2, 0.25) is 5.02 Å². The van der Waals surface area contributed by atoms with E-state index in [-0.39, 0.29) is 48.3 Å². The van der Waals surface area contributed by atoms with Crippen LogP contribution in [0.5, 0.6) is 5.75 Å². The van der Waals surface area contributed by atoms with E-state index in [4.69, 9.17) is 16.3 Å². The molecular weight excluding hydrogens is 456 g/mol. The fourth-order valence-electron chi connectivity index (χ4n) is 4.78. The Morgan fingerprint density at radius 3 is 2.18 bits per heavy atom. The molecule has 2 heterocycles. The molecule has 0 aromatic heterocycles. The molecule has 0 unspecified atom stereocenters. The van der Waals surface area contributed by atoms with Crippen molar-refractivity contribution in [3.05, 3.63) is 65.2 Å². The molecule has 34 heavy (non-hydrogen) atoms. The number of ether oxygens (including phenoxy) is 1. The Balaban J connectivity index is 1.24. The number of anilines is 2. The van der Waals surface area contributed by atoms with Crippen LogP contribution < -0.4 is 14.5 Å². The molecule has 8 heteroatoms. The van der Waals surface area contributed by atoms with E-state index in [1.54, 1.807) is 41.3 Å². The highest BCUT2D eigenvalue weighted by atomic mass is 35.5. The fraction of sp³-hybridized carbons (Fsp3) is 0.308. The second-order valence-electron chi connectivity index (χ2n) is 8.92. The third-order valence-electron chi connectivity index (χ3n) is 6.75. The monoisotopic (exact) mass is 478 g/mol. The molecule has 174 valence electrons. The average molecular weight is 479 g/mol. The summed E-state index contributed by atoms with van der Waals surface area (Å²) in [4.78, 5) is 53.5. The minimum Gasteiger partial charge on any atom is -0.426 e. The summed E-state index contributed by atoms with van der Waals surface area (Å²) in [5.41, 5.74) is 2.02. The lowest BCUT2D eigenvalue weighted by Gasteiger charge is -2.17. The highest BCUT2D eigenvalue weighted by Crippen LogP contribution is 2.38. The summed E-state index contributed by atoms with van der Waals surface area (Å²) in [6, 6.07) is 11.7. The van der Waals surface area contributed by atoms with E-state index in [2.05, 4.69) is 0 Å². The van der Waals surface area contributed by atoms with Crippen molar-refractivity contribution in [1.29, 1.82) is 0 Å². The van der Waals surface area contributed by atoms with Crippen molar-refractivity contribution in [3.8, 4) is 5.75 Å². The first kappa shape index (κ1) is 22.3. The van der Waals surface area contributed by atoms with Gasteiger partial charge in [-0.25, -0.2) is 0 Å². The van der Waals surface area contributed by atoms with Crippen molar-refractivity contribution in [2.75, 3.05) is 16.3 Å². The number of aryl methyl sites for hydroxylation is 1. The normalized spacial score (nSPS) is 24.1. The lowest BCUT2D eigenvalue weighted by atomic mass is 9.85. The molecule has 1 aliphatic carbocycles. The van der Waals surface area contributed by atoms with Gasteiger partial charge in [0.05, 0.1) is 23.4 Å². The van der Waals surface area contributed by atoms with Crippen molar-refractivity contribution in [2.24, 2.45) is 17.8 Å². The van der Waals surface area contributed by atoms with Gasteiger partial charge in [0.1, 0.15) is 5.75 Å². The van der Waals surface area contributed by atoms with Crippen LogP contribution >= 0.6 is 11.6 Å². The Morgan fingerprint density at radius 1 is 0.941 bits per heavy atom. The van der Waals surface area contributed by atoms with E-state index < -0.39 is 11.9 Å². The maximum Gasteiger partial charge on any atom is 0.316 e. The van der Waals surface area contributed by atoms with E-state index in [0.29, 0.717) is 29.2 Å². The Bertz CT molecular complexity index is 1200. The molecule has 2 aromatic carbocycles. The van der Waals surface area contributed by atoms with Crippen LogP contribution in [0.3, 0.4) is 0 Å². The van der Waals surface area contributed by atoms with Crippen LogP contribution in [0.25, 0.3) is 0 Å². The van der Waals surface area contributed by atoms with Gasteiger partial charge >= 0.3 is 5.97 Å². The van der Waals surface area contributed by atoms with Crippen molar-refractivity contribution in [2.45, 2.75) is 26.2 Å². The third-order valence-corrected chi connectivity index (χ3v) is 7.15. The second-order valence-corrected chi connectivity index (χ2v) is 9.33. The maximum absolute atomic E-state index is 12.7. The summed E-state index contributed by atoms with van der Waals surface area (Å²) < 4.78 is 5.50. The molecule has 2 aromatic rings. The van der Waals surface area contributed by atoms with Gasteiger partial charge in [-0.15, -0.1) is 0 Å². The standard InChI is InChI=1S/C26H23ClN2O5/c1-15-6-7-18(13-22(15)27)28-14-16(12-23(28)30)26(33)34-19-10-8-17(9-11-19)29-24(31)20-4-2-3-5-21(20)25(29)32/h2-3,6-11,13,16,20-21H,4-5,12,14H2,1H3/t16-,20-,21-/m1/s1. The topological polar surface area (TPSA) is 84.0 Å². The lowest BCUT2D eigenvalue weighted by molar-refractivity contribution is -0.139. The number of benzene rings is 2. The number of carbonyl (C=O) groups excluding carboxylic acids is 4. The average Bonchev–Trinajstić information content (AvgIpc) is 3.34. The fourth-order valence-corrected chi connectivity index (χ4v) is 4.96. The molecule has 5 rings (SSSR count). The Labute approximate surface area is 201 Å². The molecule has 3 aliphatic rings. The molecule has 0 spiro atoms. The summed E-state index contributed by atoms with van der Waals surface area (Å²) in [5.74, 6) is -1.98. The number of carbonyl (C=O) groups is 4. The second kappa shape index (κ2) is 8.72. The van der Waals surface area contributed by atoms with E-state index in [0.717, 1.165) is 5.56 Å². The smallest absolute Gasteiger partial charge is 0.316 e. The predicted octanol–water partition coefficient (Wildman–Crippen LogP) is 4.06. The molecule has 0 N–H and O–H groups in total. The predicted molar refractivity (Wildman–Crippen MR) is 127 cm³/mol. The molecule has 3 amide bonds.